The smallest absolute Gasteiger partial charge is 0.230 e. The van der Waals surface area contributed by atoms with Crippen molar-refractivity contribution in [3.8, 4) is 0 Å². The van der Waals surface area contributed by atoms with E-state index in [1.807, 2.05) is 31.2 Å². The summed E-state index contributed by atoms with van der Waals surface area (Å²) in [5.74, 6) is 0.131. The van der Waals surface area contributed by atoms with E-state index in [9.17, 15) is 9.18 Å². The van der Waals surface area contributed by atoms with Gasteiger partial charge in [0.15, 0.2) is 0 Å². The van der Waals surface area contributed by atoms with E-state index < -0.39 is 0 Å². The Labute approximate surface area is 164 Å². The average molecular weight is 389 g/mol. The first-order chi connectivity index (χ1) is 13.1. The van der Waals surface area contributed by atoms with Crippen LogP contribution in [-0.2, 0) is 9.53 Å². The Bertz CT molecular complexity index is 748. The standard InChI is InChI=1S/C21H25FN2O2S/c1-16-4-2-3-5-20(16)27-15-21(25)23-14-19(24-10-12-26-13-11-24)17-6-8-18(22)9-7-17/h2-9,19H,10-15H2,1H3,(H,23,25)/t19-/m1/s1. The van der Waals surface area contributed by atoms with Crippen LogP contribution in [0.25, 0.3) is 0 Å². The van der Waals surface area contributed by atoms with Crippen molar-refractivity contribution in [3.05, 3.63) is 65.5 Å². The third-order valence-corrected chi connectivity index (χ3v) is 5.86. The Morgan fingerprint density at radius 2 is 1.89 bits per heavy atom. The van der Waals surface area contributed by atoms with Gasteiger partial charge in [-0.15, -0.1) is 11.8 Å². The summed E-state index contributed by atoms with van der Waals surface area (Å²) in [6, 6.07) is 14.6. The van der Waals surface area contributed by atoms with E-state index in [1.165, 1.54) is 17.7 Å². The zero-order valence-corrected chi connectivity index (χ0v) is 16.3. The Morgan fingerprint density at radius 3 is 2.59 bits per heavy atom. The van der Waals surface area contributed by atoms with Crippen LogP contribution in [0.5, 0.6) is 0 Å². The molecule has 1 saturated heterocycles. The second kappa shape index (κ2) is 9.88. The van der Waals surface area contributed by atoms with Gasteiger partial charge in [-0.3, -0.25) is 9.69 Å². The molecule has 0 aromatic heterocycles. The molecule has 0 saturated carbocycles. The number of aryl methyl sites for hydroxylation is 1. The van der Waals surface area contributed by atoms with Crippen LogP contribution in [-0.4, -0.2) is 49.4 Å². The normalized spacial score (nSPS) is 16.1. The summed E-state index contributed by atoms with van der Waals surface area (Å²) in [6.45, 7) is 5.50. The summed E-state index contributed by atoms with van der Waals surface area (Å²) in [4.78, 5) is 15.8. The van der Waals surface area contributed by atoms with Crippen molar-refractivity contribution in [2.75, 3.05) is 38.6 Å². The Kier molecular flexibility index (Phi) is 7.26. The third-order valence-electron chi connectivity index (χ3n) is 4.69. The zero-order valence-electron chi connectivity index (χ0n) is 15.5. The molecule has 1 heterocycles. The Morgan fingerprint density at radius 1 is 1.19 bits per heavy atom. The van der Waals surface area contributed by atoms with Gasteiger partial charge in [0, 0.05) is 24.5 Å². The highest BCUT2D eigenvalue weighted by molar-refractivity contribution is 8.00. The quantitative estimate of drug-likeness (QED) is 0.738. The number of rotatable bonds is 7. The van der Waals surface area contributed by atoms with Crippen LogP contribution in [0, 0.1) is 12.7 Å². The summed E-state index contributed by atoms with van der Waals surface area (Å²) in [6.07, 6.45) is 0. The SMILES string of the molecule is Cc1ccccc1SCC(=O)NC[C@H](c1ccc(F)cc1)N1CCOCC1. The molecular weight excluding hydrogens is 363 g/mol. The van der Waals surface area contributed by atoms with Crippen molar-refractivity contribution in [3.63, 3.8) is 0 Å². The van der Waals surface area contributed by atoms with Gasteiger partial charge in [0.25, 0.3) is 0 Å². The van der Waals surface area contributed by atoms with Gasteiger partial charge in [0.1, 0.15) is 5.82 Å². The number of thioether (sulfide) groups is 1. The largest absolute Gasteiger partial charge is 0.379 e. The first kappa shape index (κ1) is 19.9. The fourth-order valence-electron chi connectivity index (χ4n) is 3.16. The minimum atomic E-state index is -0.252. The molecule has 144 valence electrons. The molecule has 0 radical (unpaired) electrons. The maximum Gasteiger partial charge on any atom is 0.230 e. The van der Waals surface area contributed by atoms with E-state index in [0.717, 1.165) is 23.5 Å². The van der Waals surface area contributed by atoms with Crippen LogP contribution in [0.4, 0.5) is 4.39 Å². The van der Waals surface area contributed by atoms with Crippen molar-refractivity contribution >= 4 is 17.7 Å². The van der Waals surface area contributed by atoms with E-state index >= 15 is 0 Å². The monoisotopic (exact) mass is 388 g/mol. The van der Waals surface area contributed by atoms with Crippen molar-refractivity contribution < 1.29 is 13.9 Å². The molecule has 0 spiro atoms. The lowest BCUT2D eigenvalue weighted by Gasteiger charge is -2.35. The number of nitrogens with one attached hydrogen (secondary N) is 1. The van der Waals surface area contributed by atoms with E-state index in [2.05, 4.69) is 10.2 Å². The molecule has 1 N–H and O–H groups in total. The predicted molar refractivity (Wildman–Crippen MR) is 106 cm³/mol. The van der Waals surface area contributed by atoms with E-state index in [4.69, 9.17) is 4.74 Å². The maximum absolute atomic E-state index is 13.3. The number of benzene rings is 2. The number of halogens is 1. The molecule has 2 aromatic carbocycles. The minimum Gasteiger partial charge on any atom is -0.379 e. The van der Waals surface area contributed by atoms with Gasteiger partial charge in [0.05, 0.1) is 25.0 Å². The van der Waals surface area contributed by atoms with Gasteiger partial charge in [-0.2, -0.15) is 0 Å². The number of nitrogens with zero attached hydrogens (tertiary/aromatic N) is 1. The molecule has 0 bridgehead atoms. The molecule has 2 aromatic rings. The first-order valence-electron chi connectivity index (χ1n) is 9.16. The molecule has 1 aliphatic rings. The first-order valence-corrected chi connectivity index (χ1v) is 10.1. The molecule has 1 aliphatic heterocycles. The van der Waals surface area contributed by atoms with Crippen molar-refractivity contribution in [2.45, 2.75) is 17.9 Å². The van der Waals surface area contributed by atoms with Crippen LogP contribution in [0.1, 0.15) is 17.2 Å². The van der Waals surface area contributed by atoms with E-state index in [0.29, 0.717) is 25.5 Å². The molecule has 1 atom stereocenters. The summed E-state index contributed by atoms with van der Waals surface area (Å²) in [7, 11) is 0. The number of amides is 1. The van der Waals surface area contributed by atoms with Crippen LogP contribution in [0.3, 0.4) is 0 Å². The molecular formula is C21H25FN2O2S. The van der Waals surface area contributed by atoms with Crippen LogP contribution in [0.2, 0.25) is 0 Å². The number of carbonyl (C=O) groups excluding carboxylic acids is 1. The van der Waals surface area contributed by atoms with Gasteiger partial charge >= 0.3 is 0 Å². The second-order valence-electron chi connectivity index (χ2n) is 6.57. The summed E-state index contributed by atoms with van der Waals surface area (Å²) in [5, 5.41) is 3.05. The number of carbonyl (C=O) groups is 1. The molecule has 6 heteroatoms. The van der Waals surface area contributed by atoms with Gasteiger partial charge in [0.2, 0.25) is 5.91 Å². The topological polar surface area (TPSA) is 41.6 Å². The summed E-state index contributed by atoms with van der Waals surface area (Å²) in [5.41, 5.74) is 2.18. The highest BCUT2D eigenvalue weighted by Gasteiger charge is 2.23. The van der Waals surface area contributed by atoms with E-state index in [-0.39, 0.29) is 17.8 Å². The third kappa shape index (κ3) is 5.79. The molecule has 3 rings (SSSR count). The Balaban J connectivity index is 1.59. The molecule has 1 amide bonds. The van der Waals surface area contributed by atoms with Gasteiger partial charge in [-0.05, 0) is 36.2 Å². The lowest BCUT2D eigenvalue weighted by atomic mass is 10.0. The fraction of sp³-hybridized carbons (Fsp3) is 0.381. The van der Waals surface area contributed by atoms with Gasteiger partial charge < -0.3 is 10.1 Å². The molecule has 0 aliphatic carbocycles. The van der Waals surface area contributed by atoms with Crippen LogP contribution >= 0.6 is 11.8 Å². The summed E-state index contributed by atoms with van der Waals surface area (Å²) < 4.78 is 18.7. The van der Waals surface area contributed by atoms with Gasteiger partial charge in [-0.1, -0.05) is 30.3 Å². The van der Waals surface area contributed by atoms with E-state index in [1.54, 1.807) is 23.9 Å². The highest BCUT2D eigenvalue weighted by Crippen LogP contribution is 2.23. The van der Waals surface area contributed by atoms with Crippen LogP contribution < -0.4 is 5.32 Å². The van der Waals surface area contributed by atoms with Crippen molar-refractivity contribution in [1.82, 2.24) is 10.2 Å². The zero-order chi connectivity index (χ0) is 19.1. The number of hydrogen-bond acceptors (Lipinski definition) is 4. The van der Waals surface area contributed by atoms with Crippen molar-refractivity contribution in [2.24, 2.45) is 0 Å². The predicted octanol–water partition coefficient (Wildman–Crippen LogP) is 3.42. The Hall–Kier alpha value is -1.89. The molecule has 27 heavy (non-hydrogen) atoms. The number of ether oxygens (including phenoxy) is 1. The average Bonchev–Trinajstić information content (AvgIpc) is 2.69. The molecule has 1 fully saturated rings. The molecule has 4 nitrogen and oxygen atoms in total. The number of morpholine rings is 1. The number of hydrogen-bond donors (Lipinski definition) is 1. The fourth-order valence-corrected chi connectivity index (χ4v) is 4.01. The second-order valence-corrected chi connectivity index (χ2v) is 7.59. The molecule has 0 unspecified atom stereocenters. The maximum atomic E-state index is 13.3. The highest BCUT2D eigenvalue weighted by atomic mass is 32.2. The van der Waals surface area contributed by atoms with Gasteiger partial charge in [-0.25, -0.2) is 4.39 Å². The lowest BCUT2D eigenvalue weighted by molar-refractivity contribution is -0.118. The summed E-state index contributed by atoms with van der Waals surface area (Å²) >= 11 is 1.54. The van der Waals surface area contributed by atoms with Crippen molar-refractivity contribution in [1.29, 1.82) is 0 Å². The van der Waals surface area contributed by atoms with Crippen LogP contribution in [0.15, 0.2) is 53.4 Å². The minimum absolute atomic E-state index is 0.00336. The lowest BCUT2D eigenvalue weighted by Crippen LogP contribution is -2.44.